The van der Waals surface area contributed by atoms with E-state index < -0.39 is 22.0 Å². The maximum atomic E-state index is 12.4. The van der Waals surface area contributed by atoms with Gasteiger partial charge in [0.2, 0.25) is 15.9 Å². The lowest BCUT2D eigenvalue weighted by atomic mass is 10.0. The standard InChI is InChI=1S/C15H21N3O4S/c1-3-17-23(21,22)11-7-6-10(2)12(9-11)14(19)18-13-5-4-8-16-15(13)20/h6-7,9,13,17H,3-5,8H2,1-2H3,(H,16,20)(H,18,19). The molecule has 0 aromatic heterocycles. The molecule has 1 aliphatic heterocycles. The van der Waals surface area contributed by atoms with Gasteiger partial charge in [-0.2, -0.15) is 0 Å². The SMILES string of the molecule is CCNS(=O)(=O)c1ccc(C)c(C(=O)NC2CCCNC2=O)c1. The Morgan fingerprint density at radius 3 is 2.78 bits per heavy atom. The zero-order chi connectivity index (χ0) is 17.0. The van der Waals surface area contributed by atoms with Gasteiger partial charge in [0, 0.05) is 18.7 Å². The lowest BCUT2D eigenvalue weighted by Gasteiger charge is -2.23. The van der Waals surface area contributed by atoms with Gasteiger partial charge in [0.15, 0.2) is 0 Å². The third kappa shape index (κ3) is 4.08. The van der Waals surface area contributed by atoms with E-state index in [9.17, 15) is 18.0 Å². The van der Waals surface area contributed by atoms with E-state index in [1.807, 2.05) is 0 Å². The second kappa shape index (κ2) is 7.10. The molecule has 0 bridgehead atoms. The van der Waals surface area contributed by atoms with Gasteiger partial charge in [-0.05, 0) is 37.5 Å². The molecule has 1 atom stereocenters. The van der Waals surface area contributed by atoms with Crippen LogP contribution in [0.5, 0.6) is 0 Å². The van der Waals surface area contributed by atoms with Crippen molar-refractivity contribution in [1.29, 1.82) is 0 Å². The number of carbonyl (C=O) groups is 2. The fourth-order valence-corrected chi connectivity index (χ4v) is 3.50. The van der Waals surface area contributed by atoms with Gasteiger partial charge in [-0.3, -0.25) is 9.59 Å². The van der Waals surface area contributed by atoms with Crippen molar-refractivity contribution in [2.45, 2.75) is 37.6 Å². The van der Waals surface area contributed by atoms with Gasteiger partial charge in [-0.15, -0.1) is 0 Å². The molecule has 1 aromatic rings. The molecular formula is C15H21N3O4S. The second-order valence-electron chi connectivity index (χ2n) is 5.44. The largest absolute Gasteiger partial charge is 0.354 e. The average molecular weight is 339 g/mol. The zero-order valence-electron chi connectivity index (χ0n) is 13.2. The van der Waals surface area contributed by atoms with Crippen LogP contribution in [0.3, 0.4) is 0 Å². The Kier molecular flexibility index (Phi) is 5.38. The fourth-order valence-electron chi connectivity index (χ4n) is 2.43. The van der Waals surface area contributed by atoms with Crippen molar-refractivity contribution in [1.82, 2.24) is 15.4 Å². The smallest absolute Gasteiger partial charge is 0.252 e. The van der Waals surface area contributed by atoms with Crippen LogP contribution in [-0.2, 0) is 14.8 Å². The normalized spacial score (nSPS) is 18.3. The first kappa shape index (κ1) is 17.4. The molecule has 1 aromatic carbocycles. The van der Waals surface area contributed by atoms with E-state index in [-0.39, 0.29) is 22.9 Å². The molecule has 2 rings (SSSR count). The molecule has 0 saturated carbocycles. The van der Waals surface area contributed by atoms with Crippen molar-refractivity contribution in [3.8, 4) is 0 Å². The first-order chi connectivity index (χ1) is 10.8. The van der Waals surface area contributed by atoms with Crippen LogP contribution in [0.15, 0.2) is 23.1 Å². The van der Waals surface area contributed by atoms with Gasteiger partial charge in [-0.1, -0.05) is 13.0 Å². The Balaban J connectivity index is 2.24. The molecule has 23 heavy (non-hydrogen) atoms. The number of aryl methyl sites for hydroxylation is 1. The van der Waals surface area contributed by atoms with Crippen molar-refractivity contribution >= 4 is 21.8 Å². The molecule has 0 spiro atoms. The topological polar surface area (TPSA) is 104 Å². The van der Waals surface area contributed by atoms with Gasteiger partial charge in [0.05, 0.1) is 4.90 Å². The van der Waals surface area contributed by atoms with Crippen molar-refractivity contribution in [2.75, 3.05) is 13.1 Å². The lowest BCUT2D eigenvalue weighted by Crippen LogP contribution is -2.50. The van der Waals surface area contributed by atoms with Crippen molar-refractivity contribution < 1.29 is 18.0 Å². The van der Waals surface area contributed by atoms with Crippen LogP contribution in [-0.4, -0.2) is 39.4 Å². The summed E-state index contributed by atoms with van der Waals surface area (Å²) in [5.41, 5.74) is 0.900. The molecule has 0 aliphatic carbocycles. The van der Waals surface area contributed by atoms with Crippen LogP contribution in [0.4, 0.5) is 0 Å². The van der Waals surface area contributed by atoms with E-state index >= 15 is 0 Å². The highest BCUT2D eigenvalue weighted by atomic mass is 32.2. The lowest BCUT2D eigenvalue weighted by molar-refractivity contribution is -0.124. The van der Waals surface area contributed by atoms with Gasteiger partial charge in [0.25, 0.3) is 5.91 Å². The van der Waals surface area contributed by atoms with Crippen molar-refractivity contribution in [3.05, 3.63) is 29.3 Å². The Morgan fingerprint density at radius 1 is 1.39 bits per heavy atom. The van der Waals surface area contributed by atoms with Crippen LogP contribution in [0.25, 0.3) is 0 Å². The van der Waals surface area contributed by atoms with E-state index in [0.29, 0.717) is 18.5 Å². The monoisotopic (exact) mass is 339 g/mol. The minimum absolute atomic E-state index is 0.0307. The first-order valence-electron chi connectivity index (χ1n) is 7.54. The van der Waals surface area contributed by atoms with Crippen LogP contribution in [0.1, 0.15) is 35.7 Å². The number of carbonyl (C=O) groups excluding carboxylic acids is 2. The molecule has 1 heterocycles. The Hall–Kier alpha value is -1.93. The van der Waals surface area contributed by atoms with Gasteiger partial charge in [0.1, 0.15) is 6.04 Å². The van der Waals surface area contributed by atoms with Crippen LogP contribution >= 0.6 is 0 Å². The van der Waals surface area contributed by atoms with E-state index in [0.717, 1.165) is 6.42 Å². The van der Waals surface area contributed by atoms with Gasteiger partial charge >= 0.3 is 0 Å². The molecule has 1 fully saturated rings. The number of sulfonamides is 1. The summed E-state index contributed by atoms with van der Waals surface area (Å²) in [5, 5.41) is 5.37. The number of rotatable bonds is 5. The molecule has 8 heteroatoms. The second-order valence-corrected chi connectivity index (χ2v) is 7.20. The first-order valence-corrected chi connectivity index (χ1v) is 9.02. The molecule has 126 valence electrons. The number of amides is 2. The maximum absolute atomic E-state index is 12.4. The van der Waals surface area contributed by atoms with Crippen LogP contribution < -0.4 is 15.4 Å². The predicted octanol–water partition coefficient (Wildman–Crippen LogP) is 0.302. The predicted molar refractivity (Wildman–Crippen MR) is 85.5 cm³/mol. The highest BCUT2D eigenvalue weighted by Gasteiger charge is 2.25. The molecule has 7 nitrogen and oxygen atoms in total. The van der Waals surface area contributed by atoms with E-state index in [2.05, 4.69) is 15.4 Å². The summed E-state index contributed by atoms with van der Waals surface area (Å²) in [6.45, 7) is 4.28. The molecular weight excluding hydrogens is 318 g/mol. The fraction of sp³-hybridized carbons (Fsp3) is 0.467. The highest BCUT2D eigenvalue weighted by molar-refractivity contribution is 7.89. The summed E-state index contributed by atoms with van der Waals surface area (Å²) in [7, 11) is -3.64. The Morgan fingerprint density at radius 2 is 2.13 bits per heavy atom. The molecule has 0 radical (unpaired) electrons. The minimum atomic E-state index is -3.64. The maximum Gasteiger partial charge on any atom is 0.252 e. The third-order valence-electron chi connectivity index (χ3n) is 3.69. The number of hydrogen-bond donors (Lipinski definition) is 3. The molecule has 1 aliphatic rings. The molecule has 1 unspecified atom stereocenters. The van der Waals surface area contributed by atoms with E-state index in [1.54, 1.807) is 19.9 Å². The Labute approximate surface area is 135 Å². The van der Waals surface area contributed by atoms with Crippen molar-refractivity contribution in [3.63, 3.8) is 0 Å². The quantitative estimate of drug-likeness (QED) is 0.718. The van der Waals surface area contributed by atoms with Crippen LogP contribution in [0, 0.1) is 6.92 Å². The number of hydrogen-bond acceptors (Lipinski definition) is 4. The number of piperidine rings is 1. The van der Waals surface area contributed by atoms with Gasteiger partial charge in [-0.25, -0.2) is 13.1 Å². The number of benzene rings is 1. The summed E-state index contributed by atoms with van der Waals surface area (Å²) in [5.74, 6) is -0.656. The zero-order valence-corrected chi connectivity index (χ0v) is 14.0. The summed E-state index contributed by atoms with van der Waals surface area (Å²) >= 11 is 0. The van der Waals surface area contributed by atoms with Gasteiger partial charge < -0.3 is 10.6 Å². The van der Waals surface area contributed by atoms with E-state index in [1.165, 1.54) is 12.1 Å². The highest BCUT2D eigenvalue weighted by Crippen LogP contribution is 2.16. The summed E-state index contributed by atoms with van der Waals surface area (Å²) in [6, 6.07) is 3.80. The molecule has 2 amide bonds. The summed E-state index contributed by atoms with van der Waals surface area (Å²) < 4.78 is 26.5. The summed E-state index contributed by atoms with van der Waals surface area (Å²) in [6.07, 6.45) is 1.37. The summed E-state index contributed by atoms with van der Waals surface area (Å²) in [4.78, 5) is 24.2. The van der Waals surface area contributed by atoms with Crippen molar-refractivity contribution in [2.24, 2.45) is 0 Å². The molecule has 1 saturated heterocycles. The number of nitrogens with one attached hydrogen (secondary N) is 3. The van der Waals surface area contributed by atoms with Crippen LogP contribution in [0.2, 0.25) is 0 Å². The minimum Gasteiger partial charge on any atom is -0.354 e. The molecule has 3 N–H and O–H groups in total. The average Bonchev–Trinajstić information content (AvgIpc) is 2.49. The van der Waals surface area contributed by atoms with E-state index in [4.69, 9.17) is 0 Å². The third-order valence-corrected chi connectivity index (χ3v) is 5.23. The Bertz CT molecular complexity index is 715.